The van der Waals surface area contributed by atoms with Crippen LogP contribution in [0.1, 0.15) is 46.1 Å². The van der Waals surface area contributed by atoms with Crippen LogP contribution in [0.15, 0.2) is 16.6 Å². The van der Waals surface area contributed by atoms with Gasteiger partial charge < -0.3 is 14.8 Å². The molecule has 0 saturated heterocycles. The van der Waals surface area contributed by atoms with Gasteiger partial charge in [0.25, 0.3) is 0 Å². The van der Waals surface area contributed by atoms with Gasteiger partial charge in [-0.1, -0.05) is 20.8 Å². The van der Waals surface area contributed by atoms with E-state index in [0.29, 0.717) is 13.2 Å². The molecule has 0 aliphatic carbocycles. The van der Waals surface area contributed by atoms with Crippen molar-refractivity contribution >= 4 is 15.9 Å². The van der Waals surface area contributed by atoms with Crippen LogP contribution in [-0.2, 0) is 6.54 Å². The number of hydrogen-bond acceptors (Lipinski definition) is 3. The molecule has 120 valence electrons. The summed E-state index contributed by atoms with van der Waals surface area (Å²) in [7, 11) is 0. The minimum absolute atomic E-state index is 0.638. The number of halogens is 1. The fourth-order valence-electron chi connectivity index (χ4n) is 1.95. The lowest BCUT2D eigenvalue weighted by atomic mass is 10.1. The summed E-state index contributed by atoms with van der Waals surface area (Å²) in [5.74, 6) is 2.36. The van der Waals surface area contributed by atoms with Crippen molar-refractivity contribution in [1.29, 1.82) is 0 Å². The molecule has 0 radical (unpaired) electrons. The van der Waals surface area contributed by atoms with E-state index < -0.39 is 0 Å². The summed E-state index contributed by atoms with van der Waals surface area (Å²) in [5.41, 5.74) is 1.21. The van der Waals surface area contributed by atoms with Crippen LogP contribution in [0.4, 0.5) is 0 Å². The fraction of sp³-hybridized carbons (Fsp3) is 0.647. The van der Waals surface area contributed by atoms with Crippen molar-refractivity contribution in [2.75, 3.05) is 19.8 Å². The maximum absolute atomic E-state index is 5.79. The van der Waals surface area contributed by atoms with E-state index in [2.05, 4.69) is 54.2 Å². The second kappa shape index (κ2) is 10.1. The molecule has 1 aromatic rings. The molecule has 0 amide bonds. The lowest BCUT2D eigenvalue weighted by molar-refractivity contribution is 0.275. The minimum atomic E-state index is 0.638. The first-order chi connectivity index (χ1) is 10.1. The Morgan fingerprint density at radius 3 is 2.57 bits per heavy atom. The van der Waals surface area contributed by atoms with Gasteiger partial charge in [-0.2, -0.15) is 0 Å². The Morgan fingerprint density at radius 2 is 1.95 bits per heavy atom. The Bertz CT molecular complexity index is 421. The van der Waals surface area contributed by atoms with E-state index >= 15 is 0 Å². The molecule has 0 aromatic heterocycles. The van der Waals surface area contributed by atoms with E-state index in [1.165, 1.54) is 12.0 Å². The number of nitrogens with one attached hydrogen (secondary N) is 1. The molecule has 0 aliphatic heterocycles. The minimum Gasteiger partial charge on any atom is -0.490 e. The van der Waals surface area contributed by atoms with Gasteiger partial charge in [0.15, 0.2) is 11.5 Å². The zero-order valence-electron chi connectivity index (χ0n) is 13.7. The van der Waals surface area contributed by atoms with Crippen molar-refractivity contribution in [3.05, 3.63) is 22.2 Å². The van der Waals surface area contributed by atoms with E-state index in [0.717, 1.165) is 41.4 Å². The van der Waals surface area contributed by atoms with Crippen LogP contribution >= 0.6 is 15.9 Å². The third-order valence-corrected chi connectivity index (χ3v) is 3.64. The van der Waals surface area contributed by atoms with Gasteiger partial charge in [-0.15, -0.1) is 0 Å². The second-order valence-corrected chi connectivity index (χ2v) is 6.40. The average Bonchev–Trinajstić information content (AvgIpc) is 2.43. The molecule has 4 heteroatoms. The Hall–Kier alpha value is -0.740. The molecular weight excluding hydrogens is 330 g/mol. The molecule has 0 saturated carbocycles. The number of benzene rings is 1. The summed E-state index contributed by atoms with van der Waals surface area (Å²) >= 11 is 3.60. The maximum Gasteiger partial charge on any atom is 0.175 e. The lowest BCUT2D eigenvalue weighted by Gasteiger charge is -2.15. The highest BCUT2D eigenvalue weighted by Crippen LogP contribution is 2.37. The third-order valence-electron chi connectivity index (χ3n) is 3.05. The largest absolute Gasteiger partial charge is 0.490 e. The Kier molecular flexibility index (Phi) is 8.77. The van der Waals surface area contributed by atoms with Crippen molar-refractivity contribution in [3.63, 3.8) is 0 Å². The third kappa shape index (κ3) is 6.70. The van der Waals surface area contributed by atoms with E-state index in [-0.39, 0.29) is 0 Å². The van der Waals surface area contributed by atoms with Crippen molar-refractivity contribution in [1.82, 2.24) is 5.32 Å². The second-order valence-electron chi connectivity index (χ2n) is 5.55. The smallest absolute Gasteiger partial charge is 0.175 e. The van der Waals surface area contributed by atoms with E-state index in [4.69, 9.17) is 9.47 Å². The van der Waals surface area contributed by atoms with Crippen molar-refractivity contribution < 1.29 is 9.47 Å². The average molecular weight is 358 g/mol. The molecule has 0 fully saturated rings. The van der Waals surface area contributed by atoms with Crippen LogP contribution in [0.3, 0.4) is 0 Å². The van der Waals surface area contributed by atoms with Crippen molar-refractivity contribution in [2.45, 2.75) is 47.1 Å². The van der Waals surface area contributed by atoms with Crippen LogP contribution in [-0.4, -0.2) is 19.8 Å². The molecule has 1 aromatic carbocycles. The highest BCUT2D eigenvalue weighted by Gasteiger charge is 2.12. The number of hydrogen-bond donors (Lipinski definition) is 1. The predicted molar refractivity (Wildman–Crippen MR) is 92.3 cm³/mol. The lowest BCUT2D eigenvalue weighted by Crippen LogP contribution is -2.16. The van der Waals surface area contributed by atoms with E-state index in [1.807, 2.05) is 6.92 Å². The summed E-state index contributed by atoms with van der Waals surface area (Å²) in [6.45, 7) is 11.8. The summed E-state index contributed by atoms with van der Waals surface area (Å²) in [4.78, 5) is 0. The monoisotopic (exact) mass is 357 g/mol. The summed E-state index contributed by atoms with van der Waals surface area (Å²) in [6.07, 6.45) is 2.17. The first kappa shape index (κ1) is 18.3. The molecule has 1 N–H and O–H groups in total. The molecule has 0 heterocycles. The van der Waals surface area contributed by atoms with Crippen LogP contribution in [0.2, 0.25) is 0 Å². The van der Waals surface area contributed by atoms with Crippen LogP contribution in [0, 0.1) is 5.92 Å². The number of rotatable bonds is 10. The summed E-state index contributed by atoms with van der Waals surface area (Å²) in [6, 6.07) is 4.18. The van der Waals surface area contributed by atoms with Gasteiger partial charge in [-0.3, -0.25) is 0 Å². The van der Waals surface area contributed by atoms with Crippen molar-refractivity contribution in [2.24, 2.45) is 5.92 Å². The van der Waals surface area contributed by atoms with Gasteiger partial charge in [0, 0.05) is 6.54 Å². The van der Waals surface area contributed by atoms with Crippen molar-refractivity contribution in [3.8, 4) is 11.5 Å². The van der Waals surface area contributed by atoms with Gasteiger partial charge in [0.1, 0.15) is 0 Å². The Labute approximate surface area is 137 Å². The quantitative estimate of drug-likeness (QED) is 0.611. The van der Waals surface area contributed by atoms with Gasteiger partial charge >= 0.3 is 0 Å². The Morgan fingerprint density at radius 1 is 1.19 bits per heavy atom. The molecule has 1 rings (SSSR count). The highest BCUT2D eigenvalue weighted by atomic mass is 79.9. The molecule has 0 atom stereocenters. The van der Waals surface area contributed by atoms with Crippen LogP contribution in [0.25, 0.3) is 0 Å². The highest BCUT2D eigenvalue weighted by molar-refractivity contribution is 9.10. The summed E-state index contributed by atoms with van der Waals surface area (Å²) < 4.78 is 12.5. The van der Waals surface area contributed by atoms with Crippen LogP contribution in [0.5, 0.6) is 11.5 Å². The molecular formula is C17H28BrNO2. The van der Waals surface area contributed by atoms with Gasteiger partial charge in [0.05, 0.1) is 17.7 Å². The molecule has 0 spiro atoms. The molecule has 21 heavy (non-hydrogen) atoms. The fourth-order valence-corrected chi connectivity index (χ4v) is 2.56. The van der Waals surface area contributed by atoms with Gasteiger partial charge in [-0.25, -0.2) is 0 Å². The van der Waals surface area contributed by atoms with E-state index in [9.17, 15) is 0 Å². The predicted octanol–water partition coefficient (Wildman–Crippen LogP) is 4.77. The first-order valence-corrected chi connectivity index (χ1v) is 8.66. The SMILES string of the molecule is CCCOc1c(Br)cc(CNCCC(C)C)cc1OCC. The number of ether oxygens (including phenoxy) is 2. The Balaban J connectivity index is 2.73. The normalized spacial score (nSPS) is 11.0. The van der Waals surface area contributed by atoms with Gasteiger partial charge in [-0.05, 0) is 65.9 Å². The van der Waals surface area contributed by atoms with Gasteiger partial charge in [0.2, 0.25) is 0 Å². The topological polar surface area (TPSA) is 30.5 Å². The zero-order valence-corrected chi connectivity index (χ0v) is 15.3. The summed E-state index contributed by atoms with van der Waals surface area (Å²) in [5, 5.41) is 3.47. The first-order valence-electron chi connectivity index (χ1n) is 7.87. The molecule has 0 bridgehead atoms. The molecule has 3 nitrogen and oxygen atoms in total. The van der Waals surface area contributed by atoms with E-state index in [1.54, 1.807) is 0 Å². The molecule has 0 unspecified atom stereocenters. The van der Waals surface area contributed by atoms with Crippen LogP contribution < -0.4 is 14.8 Å². The zero-order chi connectivity index (χ0) is 15.7. The maximum atomic E-state index is 5.79. The standard InChI is InChI=1S/C17H28BrNO2/c1-5-9-21-17-15(18)10-14(11-16(17)20-6-2)12-19-8-7-13(3)4/h10-11,13,19H,5-9,12H2,1-4H3. The molecule has 0 aliphatic rings.